The van der Waals surface area contributed by atoms with Gasteiger partial charge in [0.05, 0.1) is 6.61 Å². The second-order valence-corrected chi connectivity index (χ2v) is 10.1. The number of carbonyl (C=O) groups is 4. The Balaban J connectivity index is 3.53. The smallest absolute Gasteiger partial charge is 0.408 e. The maximum absolute atomic E-state index is 13.8. The molecule has 0 bridgehead atoms. The number of phenolic OH excluding ortho intramolecular Hbond substituents is 1. The van der Waals surface area contributed by atoms with Crippen molar-refractivity contribution in [3.63, 3.8) is 0 Å². The Morgan fingerprint density at radius 2 is 1.78 bits per heavy atom. The highest BCUT2D eigenvalue weighted by atomic mass is 16.6. The quantitative estimate of drug-likeness (QED) is 0.264. The minimum atomic E-state index is -1.32. The Labute approximate surface area is 218 Å². The molecule has 0 saturated carbocycles. The molecule has 0 heterocycles. The second kappa shape index (κ2) is 14.4. The fourth-order valence-corrected chi connectivity index (χ4v) is 3.85. The van der Waals surface area contributed by atoms with E-state index in [1.807, 2.05) is 13.8 Å². The van der Waals surface area contributed by atoms with E-state index in [0.29, 0.717) is 12.0 Å². The number of phenols is 1. The first-order valence-electron chi connectivity index (χ1n) is 12.5. The number of benzene rings is 1. The van der Waals surface area contributed by atoms with Crippen molar-refractivity contribution in [2.75, 3.05) is 13.2 Å². The molecule has 4 amide bonds. The molecule has 3 unspecified atom stereocenters. The summed E-state index contributed by atoms with van der Waals surface area (Å²) in [6, 6.07) is 1.99. The lowest BCUT2D eigenvalue weighted by Gasteiger charge is -2.35. The highest BCUT2D eigenvalue weighted by molar-refractivity contribution is 5.93. The molecular formula is C26H42N4O7. The maximum Gasteiger partial charge on any atom is 0.408 e. The van der Waals surface area contributed by atoms with E-state index in [-0.39, 0.29) is 36.7 Å². The number of hydrogen-bond donors (Lipinski definition) is 5. The van der Waals surface area contributed by atoms with Gasteiger partial charge in [-0.05, 0) is 53.0 Å². The van der Waals surface area contributed by atoms with Crippen LogP contribution in [0, 0.1) is 6.92 Å². The third kappa shape index (κ3) is 10.3. The van der Waals surface area contributed by atoms with Gasteiger partial charge in [0.15, 0.2) is 0 Å². The summed E-state index contributed by atoms with van der Waals surface area (Å²) in [6.07, 6.45) is 0.230. The minimum Gasteiger partial charge on any atom is -0.507 e. The van der Waals surface area contributed by atoms with Crippen molar-refractivity contribution in [2.24, 2.45) is 5.73 Å². The number of hydrogen-bond acceptors (Lipinski definition) is 7. The zero-order valence-electron chi connectivity index (χ0n) is 22.7. The molecule has 0 aliphatic heterocycles. The summed E-state index contributed by atoms with van der Waals surface area (Å²) in [4.78, 5) is 52.4. The van der Waals surface area contributed by atoms with E-state index in [0.717, 1.165) is 11.3 Å². The van der Waals surface area contributed by atoms with Crippen LogP contribution in [-0.4, -0.2) is 69.8 Å². The number of rotatable bonds is 13. The van der Waals surface area contributed by atoms with Gasteiger partial charge < -0.3 is 36.2 Å². The number of ether oxygens (including phenoxy) is 1. The molecular weight excluding hydrogens is 480 g/mol. The van der Waals surface area contributed by atoms with Crippen molar-refractivity contribution in [1.82, 2.24) is 15.5 Å². The molecule has 0 spiro atoms. The summed E-state index contributed by atoms with van der Waals surface area (Å²) in [6.45, 7) is 9.64. The van der Waals surface area contributed by atoms with Crippen molar-refractivity contribution in [2.45, 2.75) is 91.0 Å². The summed E-state index contributed by atoms with van der Waals surface area (Å²) in [5.41, 5.74) is 5.08. The van der Waals surface area contributed by atoms with Gasteiger partial charge in [0.25, 0.3) is 0 Å². The number of aromatic hydroxyl groups is 1. The molecule has 208 valence electrons. The Kier molecular flexibility index (Phi) is 12.3. The number of carbonyl (C=O) groups excluding carboxylic acids is 4. The molecule has 0 aliphatic carbocycles. The summed E-state index contributed by atoms with van der Waals surface area (Å²) >= 11 is 0. The molecule has 11 nitrogen and oxygen atoms in total. The number of aliphatic hydroxyl groups excluding tert-OH is 1. The first-order valence-corrected chi connectivity index (χ1v) is 12.5. The molecule has 3 atom stereocenters. The second-order valence-electron chi connectivity index (χ2n) is 10.1. The molecule has 0 saturated heterocycles. The van der Waals surface area contributed by atoms with Crippen molar-refractivity contribution in [1.29, 1.82) is 0 Å². The number of alkyl carbamates (subject to hydrolysis) is 1. The fourth-order valence-electron chi connectivity index (χ4n) is 3.85. The van der Waals surface area contributed by atoms with Crippen LogP contribution >= 0.6 is 0 Å². The van der Waals surface area contributed by atoms with E-state index in [2.05, 4.69) is 10.6 Å². The van der Waals surface area contributed by atoms with Gasteiger partial charge in [-0.25, -0.2) is 4.79 Å². The number of aliphatic hydroxyl groups is 1. The average Bonchev–Trinajstić information content (AvgIpc) is 2.77. The van der Waals surface area contributed by atoms with Crippen molar-refractivity contribution in [3.8, 4) is 5.75 Å². The van der Waals surface area contributed by atoms with Crippen LogP contribution in [0.5, 0.6) is 5.75 Å². The van der Waals surface area contributed by atoms with Crippen LogP contribution in [0.3, 0.4) is 0 Å². The molecule has 1 rings (SSSR count). The molecule has 1 aromatic carbocycles. The van der Waals surface area contributed by atoms with Gasteiger partial charge in [-0.1, -0.05) is 31.5 Å². The SMILES string of the molecule is CCCC(C)NC(=O)C(c1cccc(C)c1O)N(CCO)C(=O)C(CCC(N)=O)NC(=O)OC(C)(C)C. The monoisotopic (exact) mass is 522 g/mol. The summed E-state index contributed by atoms with van der Waals surface area (Å²) in [5.74, 6) is -2.16. The van der Waals surface area contributed by atoms with Crippen LogP contribution < -0.4 is 16.4 Å². The van der Waals surface area contributed by atoms with E-state index in [1.54, 1.807) is 39.8 Å². The average molecular weight is 523 g/mol. The standard InChI is InChI=1S/C26H42N4O7/c1-7-9-17(3)28-23(34)21(18-11-8-10-16(2)22(18)33)30(14-15-31)24(35)19(12-13-20(27)32)29-25(36)37-26(4,5)6/h8,10-11,17,19,21,31,33H,7,9,12-15H2,1-6H3,(H2,27,32)(H,28,34)(H,29,36). The van der Waals surface area contributed by atoms with Gasteiger partial charge in [-0.15, -0.1) is 0 Å². The molecule has 0 radical (unpaired) electrons. The summed E-state index contributed by atoms with van der Waals surface area (Å²) in [5, 5.41) is 26.0. The number of primary amides is 1. The lowest BCUT2D eigenvalue weighted by molar-refractivity contribution is -0.143. The van der Waals surface area contributed by atoms with Crippen LogP contribution in [-0.2, 0) is 19.1 Å². The normalized spacial score (nSPS) is 13.7. The van der Waals surface area contributed by atoms with Crippen LogP contribution in [0.15, 0.2) is 18.2 Å². The van der Waals surface area contributed by atoms with Gasteiger partial charge in [0, 0.05) is 24.6 Å². The summed E-state index contributed by atoms with van der Waals surface area (Å²) < 4.78 is 5.27. The van der Waals surface area contributed by atoms with Crippen molar-refractivity contribution < 1.29 is 34.1 Å². The molecule has 0 fully saturated rings. The molecule has 0 aliphatic rings. The first-order chi connectivity index (χ1) is 17.2. The number of para-hydroxylation sites is 1. The molecule has 11 heteroatoms. The van der Waals surface area contributed by atoms with Crippen molar-refractivity contribution >= 4 is 23.8 Å². The number of nitrogens with one attached hydrogen (secondary N) is 2. The van der Waals surface area contributed by atoms with E-state index >= 15 is 0 Å². The zero-order chi connectivity index (χ0) is 28.3. The predicted octanol–water partition coefficient (Wildman–Crippen LogP) is 2.03. The first kappa shape index (κ1) is 31.7. The molecule has 6 N–H and O–H groups in total. The van der Waals surface area contributed by atoms with E-state index in [9.17, 15) is 29.4 Å². The number of aryl methyl sites for hydroxylation is 1. The van der Waals surface area contributed by atoms with Gasteiger partial charge in [-0.2, -0.15) is 0 Å². The van der Waals surface area contributed by atoms with Gasteiger partial charge in [0.1, 0.15) is 23.4 Å². The minimum absolute atomic E-state index is 0.157. The van der Waals surface area contributed by atoms with Crippen LogP contribution in [0.2, 0.25) is 0 Å². The van der Waals surface area contributed by atoms with E-state index in [4.69, 9.17) is 10.5 Å². The summed E-state index contributed by atoms with van der Waals surface area (Å²) in [7, 11) is 0. The number of nitrogens with zero attached hydrogens (tertiary/aromatic N) is 1. The molecule has 37 heavy (non-hydrogen) atoms. The van der Waals surface area contributed by atoms with Crippen LogP contribution in [0.4, 0.5) is 4.79 Å². The predicted molar refractivity (Wildman–Crippen MR) is 138 cm³/mol. The topological polar surface area (TPSA) is 171 Å². The Morgan fingerprint density at radius 1 is 1.14 bits per heavy atom. The number of amides is 4. The largest absolute Gasteiger partial charge is 0.507 e. The zero-order valence-corrected chi connectivity index (χ0v) is 22.7. The highest BCUT2D eigenvalue weighted by Crippen LogP contribution is 2.32. The third-order valence-corrected chi connectivity index (χ3v) is 5.53. The van der Waals surface area contributed by atoms with Gasteiger partial charge in [-0.3, -0.25) is 14.4 Å². The van der Waals surface area contributed by atoms with Crippen LogP contribution in [0.1, 0.15) is 77.5 Å². The molecule has 1 aromatic rings. The number of nitrogens with two attached hydrogens (primary N) is 1. The van der Waals surface area contributed by atoms with Crippen molar-refractivity contribution in [3.05, 3.63) is 29.3 Å². The third-order valence-electron chi connectivity index (χ3n) is 5.53. The Bertz CT molecular complexity index is 945. The Morgan fingerprint density at radius 3 is 2.32 bits per heavy atom. The van der Waals surface area contributed by atoms with Gasteiger partial charge in [0.2, 0.25) is 17.7 Å². The Hall–Kier alpha value is -3.34. The lowest BCUT2D eigenvalue weighted by Crippen LogP contribution is -2.54. The van der Waals surface area contributed by atoms with Gasteiger partial charge >= 0.3 is 6.09 Å². The van der Waals surface area contributed by atoms with E-state index < -0.39 is 48.1 Å². The molecule has 0 aromatic heterocycles. The highest BCUT2D eigenvalue weighted by Gasteiger charge is 2.37. The lowest BCUT2D eigenvalue weighted by atomic mass is 9.98. The fraction of sp³-hybridized carbons (Fsp3) is 0.615. The maximum atomic E-state index is 13.8. The van der Waals surface area contributed by atoms with Crippen LogP contribution in [0.25, 0.3) is 0 Å². The van der Waals surface area contributed by atoms with E-state index in [1.165, 1.54) is 6.07 Å².